The number of nitrogens with zero attached hydrogens (tertiary/aromatic N) is 5. The van der Waals surface area contributed by atoms with Crippen molar-refractivity contribution < 1.29 is 4.79 Å². The van der Waals surface area contributed by atoms with Crippen molar-refractivity contribution in [3.63, 3.8) is 0 Å². The van der Waals surface area contributed by atoms with E-state index in [0.717, 1.165) is 42.0 Å². The second-order valence-electron chi connectivity index (χ2n) is 7.42. The van der Waals surface area contributed by atoms with Gasteiger partial charge in [-0.25, -0.2) is 15.0 Å². The van der Waals surface area contributed by atoms with Crippen LogP contribution in [0.4, 0.5) is 11.5 Å². The molecule has 1 saturated heterocycles. The van der Waals surface area contributed by atoms with Crippen molar-refractivity contribution in [2.45, 2.75) is 24.0 Å². The Balaban J connectivity index is 1.58. The number of anilines is 2. The van der Waals surface area contributed by atoms with Crippen LogP contribution >= 0.6 is 23.4 Å². The van der Waals surface area contributed by atoms with Gasteiger partial charge in [-0.3, -0.25) is 4.79 Å². The Morgan fingerprint density at radius 1 is 1.17 bits per heavy atom. The van der Waals surface area contributed by atoms with E-state index in [1.54, 1.807) is 12.4 Å². The van der Waals surface area contributed by atoms with Crippen LogP contribution in [-0.2, 0) is 0 Å². The molecule has 1 aromatic carbocycles. The van der Waals surface area contributed by atoms with E-state index in [9.17, 15) is 4.79 Å². The average molecular weight is 438 g/mol. The lowest BCUT2D eigenvalue weighted by Crippen LogP contribution is -2.39. The van der Waals surface area contributed by atoms with Crippen LogP contribution in [0.15, 0.2) is 53.9 Å². The Labute approximate surface area is 184 Å². The predicted molar refractivity (Wildman–Crippen MR) is 121 cm³/mol. The molecule has 8 heteroatoms. The molecule has 152 valence electrons. The fourth-order valence-corrected chi connectivity index (χ4v) is 4.74. The smallest absolute Gasteiger partial charge is 0.263 e. The van der Waals surface area contributed by atoms with Crippen LogP contribution in [0, 0.1) is 0 Å². The molecule has 2 aliphatic rings. The fourth-order valence-electron chi connectivity index (χ4n) is 4.23. The number of amides is 1. The summed E-state index contributed by atoms with van der Waals surface area (Å²) in [6, 6.07) is 12.0. The molecular formula is C22H20ClN5OS. The number of hydrogen-bond donors (Lipinski definition) is 0. The Morgan fingerprint density at radius 3 is 2.87 bits per heavy atom. The Hall–Kier alpha value is -2.64. The summed E-state index contributed by atoms with van der Waals surface area (Å²) in [5.41, 5.74) is 3.38. The SMILES string of the molecule is CSc1ncc2c(n1)N1CCCC1CN(c1cccc(-c3ccnc(Cl)c3)c1)C2=O. The van der Waals surface area contributed by atoms with Crippen molar-refractivity contribution in [1.29, 1.82) is 0 Å². The first kappa shape index (κ1) is 19.3. The first-order valence-corrected chi connectivity index (χ1v) is 11.5. The number of benzene rings is 1. The summed E-state index contributed by atoms with van der Waals surface area (Å²) < 4.78 is 0. The van der Waals surface area contributed by atoms with E-state index >= 15 is 0 Å². The first-order valence-electron chi connectivity index (χ1n) is 9.85. The number of hydrogen-bond acceptors (Lipinski definition) is 6. The van der Waals surface area contributed by atoms with Gasteiger partial charge in [-0.2, -0.15) is 0 Å². The molecule has 2 aromatic heterocycles. The molecule has 0 N–H and O–H groups in total. The molecule has 6 nitrogen and oxygen atoms in total. The van der Waals surface area contributed by atoms with Crippen LogP contribution in [0.25, 0.3) is 11.1 Å². The van der Waals surface area contributed by atoms with Gasteiger partial charge >= 0.3 is 0 Å². The largest absolute Gasteiger partial charge is 0.351 e. The van der Waals surface area contributed by atoms with Crippen LogP contribution < -0.4 is 9.80 Å². The van der Waals surface area contributed by atoms with E-state index in [2.05, 4.69) is 14.9 Å². The standard InChI is InChI=1S/C22H20ClN5OS/c1-30-22-25-12-18-20(26-22)27-9-3-6-17(27)13-28(21(18)29)16-5-2-4-14(10-16)15-7-8-24-19(23)11-15/h2,4-5,7-8,10-12,17H,3,6,9,13H2,1H3. The van der Waals surface area contributed by atoms with E-state index in [1.807, 2.05) is 47.6 Å². The Kier molecular flexibility index (Phi) is 5.08. The summed E-state index contributed by atoms with van der Waals surface area (Å²) in [7, 11) is 0. The number of carbonyl (C=O) groups excluding carboxylic acids is 1. The van der Waals surface area contributed by atoms with Gasteiger partial charge in [-0.1, -0.05) is 35.5 Å². The van der Waals surface area contributed by atoms with E-state index in [1.165, 1.54) is 11.8 Å². The van der Waals surface area contributed by atoms with E-state index in [-0.39, 0.29) is 11.9 Å². The minimum Gasteiger partial charge on any atom is -0.351 e. The average Bonchev–Trinajstić information content (AvgIpc) is 3.21. The highest BCUT2D eigenvalue weighted by atomic mass is 35.5. The minimum atomic E-state index is -0.0584. The molecule has 1 unspecified atom stereocenters. The third-order valence-corrected chi connectivity index (χ3v) is 6.43. The number of halogens is 1. The van der Waals surface area contributed by atoms with E-state index in [0.29, 0.717) is 22.4 Å². The molecule has 0 radical (unpaired) electrons. The number of thioether (sulfide) groups is 1. The highest BCUT2D eigenvalue weighted by Gasteiger charge is 2.37. The molecule has 0 bridgehead atoms. The normalized spacial score (nSPS) is 18.2. The number of rotatable bonds is 3. The van der Waals surface area contributed by atoms with Gasteiger partial charge in [0, 0.05) is 37.2 Å². The molecule has 0 saturated carbocycles. The molecule has 5 rings (SSSR count). The van der Waals surface area contributed by atoms with Gasteiger partial charge in [-0.15, -0.1) is 0 Å². The number of fused-ring (bicyclic) bond motifs is 3. The molecule has 1 fully saturated rings. The third-order valence-electron chi connectivity index (χ3n) is 5.66. The summed E-state index contributed by atoms with van der Waals surface area (Å²) in [5, 5.41) is 1.14. The number of pyridine rings is 1. The number of carbonyl (C=O) groups is 1. The highest BCUT2D eigenvalue weighted by Crippen LogP contribution is 2.35. The maximum atomic E-state index is 13.6. The molecule has 1 atom stereocenters. The molecule has 0 spiro atoms. The van der Waals surface area contributed by atoms with Crippen molar-refractivity contribution in [3.8, 4) is 11.1 Å². The summed E-state index contributed by atoms with van der Waals surface area (Å²) in [6.45, 7) is 1.55. The zero-order valence-electron chi connectivity index (χ0n) is 16.5. The second-order valence-corrected chi connectivity index (χ2v) is 8.58. The molecule has 2 aliphatic heterocycles. The summed E-state index contributed by atoms with van der Waals surface area (Å²) in [6.07, 6.45) is 7.46. The molecule has 0 aliphatic carbocycles. The van der Waals surface area contributed by atoms with E-state index in [4.69, 9.17) is 16.6 Å². The maximum Gasteiger partial charge on any atom is 0.263 e. The molecular weight excluding hydrogens is 418 g/mol. The van der Waals surface area contributed by atoms with Crippen molar-refractivity contribution in [3.05, 3.63) is 59.5 Å². The third kappa shape index (κ3) is 3.42. The summed E-state index contributed by atoms with van der Waals surface area (Å²) in [5.74, 6) is 0.707. The lowest BCUT2D eigenvalue weighted by atomic mass is 10.1. The van der Waals surface area contributed by atoms with Crippen LogP contribution in [0.2, 0.25) is 5.15 Å². The van der Waals surface area contributed by atoms with Crippen LogP contribution in [0.1, 0.15) is 23.2 Å². The highest BCUT2D eigenvalue weighted by molar-refractivity contribution is 7.98. The fraction of sp³-hybridized carbons (Fsp3) is 0.273. The predicted octanol–water partition coefficient (Wildman–Crippen LogP) is 4.54. The quantitative estimate of drug-likeness (QED) is 0.340. The topological polar surface area (TPSA) is 62.2 Å². The van der Waals surface area contributed by atoms with Gasteiger partial charge in [0.25, 0.3) is 5.91 Å². The Bertz CT molecular complexity index is 1120. The molecule has 30 heavy (non-hydrogen) atoms. The van der Waals surface area contributed by atoms with Crippen LogP contribution in [0.3, 0.4) is 0 Å². The molecule has 3 aromatic rings. The van der Waals surface area contributed by atoms with Gasteiger partial charge in [-0.05, 0) is 54.5 Å². The minimum absolute atomic E-state index is 0.0584. The lowest BCUT2D eigenvalue weighted by Gasteiger charge is -2.27. The van der Waals surface area contributed by atoms with Gasteiger partial charge in [0.05, 0.1) is 0 Å². The van der Waals surface area contributed by atoms with Crippen molar-refractivity contribution in [2.75, 3.05) is 29.1 Å². The monoisotopic (exact) mass is 437 g/mol. The zero-order valence-corrected chi connectivity index (χ0v) is 18.0. The lowest BCUT2D eigenvalue weighted by molar-refractivity contribution is 0.0988. The van der Waals surface area contributed by atoms with Gasteiger partial charge in [0.2, 0.25) is 0 Å². The van der Waals surface area contributed by atoms with Crippen molar-refractivity contribution in [1.82, 2.24) is 15.0 Å². The van der Waals surface area contributed by atoms with Crippen molar-refractivity contribution in [2.24, 2.45) is 0 Å². The van der Waals surface area contributed by atoms with Gasteiger partial charge in [0.15, 0.2) is 5.16 Å². The maximum absolute atomic E-state index is 13.6. The molecule has 4 heterocycles. The van der Waals surface area contributed by atoms with E-state index < -0.39 is 0 Å². The van der Waals surface area contributed by atoms with Crippen molar-refractivity contribution >= 4 is 40.8 Å². The summed E-state index contributed by atoms with van der Waals surface area (Å²) in [4.78, 5) is 30.8. The van der Waals surface area contributed by atoms with Crippen LogP contribution in [0.5, 0.6) is 0 Å². The molecule has 1 amide bonds. The van der Waals surface area contributed by atoms with Gasteiger partial charge in [0.1, 0.15) is 16.5 Å². The second kappa shape index (κ2) is 7.89. The first-order chi connectivity index (χ1) is 14.6. The van der Waals surface area contributed by atoms with Crippen LogP contribution in [-0.4, -0.2) is 46.2 Å². The summed E-state index contributed by atoms with van der Waals surface area (Å²) >= 11 is 7.57. The Morgan fingerprint density at radius 2 is 2.03 bits per heavy atom. The number of aromatic nitrogens is 3. The zero-order chi connectivity index (χ0) is 20.7. The van der Waals surface area contributed by atoms with Gasteiger partial charge < -0.3 is 9.80 Å².